The SMILES string of the molecule is CC(C)[C@H](O)C(=O)CC1Cc2ccc3c(c2)C2(c4cc(F)ccc4N[C@H]2O3)c2oc(nc2-c2nc(C#N)co2)[C@H](C(C)(C)C)NC1=O. The molecule has 2 unspecified atom stereocenters. The number of carbonyl (C=O) groups excluding carboxylic acids is 2. The number of Topliss-reactive ketones (excluding diaryl/α,β-unsaturated/α-hetero) is 1. The molecule has 3 N–H and O–H groups in total. The summed E-state index contributed by atoms with van der Waals surface area (Å²) in [5.41, 5.74) is 0.766. The third kappa shape index (κ3) is 4.79. The molecule has 12 heteroatoms. The Balaban J connectivity index is 1.51. The first-order chi connectivity index (χ1) is 22.3. The number of aromatic nitrogens is 2. The molecular formula is C35H34FN5O6. The Bertz CT molecular complexity index is 1970. The number of benzene rings is 2. The summed E-state index contributed by atoms with van der Waals surface area (Å²) in [6, 6.07) is 11.1. The van der Waals surface area contributed by atoms with Crippen LogP contribution < -0.4 is 15.4 Å². The normalized spacial score (nSPS) is 23.4. The Morgan fingerprint density at radius 3 is 2.66 bits per heavy atom. The minimum absolute atomic E-state index is 0.00846. The fourth-order valence-electron chi connectivity index (χ4n) is 6.86. The van der Waals surface area contributed by atoms with Crippen molar-refractivity contribution in [2.45, 2.75) is 71.2 Å². The first kappa shape index (κ1) is 30.6. The highest BCUT2D eigenvalue weighted by atomic mass is 19.1. The Morgan fingerprint density at radius 1 is 1.17 bits per heavy atom. The molecule has 0 saturated heterocycles. The van der Waals surface area contributed by atoms with E-state index in [1.54, 1.807) is 26.0 Å². The second kappa shape index (κ2) is 10.8. The molecule has 1 amide bonds. The Morgan fingerprint density at radius 2 is 1.96 bits per heavy atom. The topological polar surface area (TPSA) is 164 Å². The summed E-state index contributed by atoms with van der Waals surface area (Å²) < 4.78 is 34.1. The van der Waals surface area contributed by atoms with Crippen molar-refractivity contribution in [1.29, 1.82) is 5.26 Å². The number of amides is 1. The number of aliphatic hydroxyl groups is 1. The summed E-state index contributed by atoms with van der Waals surface area (Å²) >= 11 is 0. The van der Waals surface area contributed by atoms with E-state index in [1.807, 2.05) is 39.0 Å². The number of anilines is 1. The highest BCUT2D eigenvalue weighted by molar-refractivity contribution is 5.89. The lowest BCUT2D eigenvalue weighted by molar-refractivity contribution is -0.135. The van der Waals surface area contributed by atoms with Gasteiger partial charge in [0.25, 0.3) is 0 Å². The molecule has 5 atom stereocenters. The van der Waals surface area contributed by atoms with Gasteiger partial charge in [0.1, 0.15) is 41.5 Å². The minimum Gasteiger partial charge on any atom is -0.469 e. The molecule has 2 aromatic heterocycles. The zero-order valence-corrected chi connectivity index (χ0v) is 26.6. The fourth-order valence-corrected chi connectivity index (χ4v) is 6.86. The van der Waals surface area contributed by atoms with Crippen molar-refractivity contribution in [1.82, 2.24) is 15.3 Å². The smallest absolute Gasteiger partial charge is 0.250 e. The number of nitrogens with one attached hydrogen (secondary N) is 2. The number of hydrogen-bond donors (Lipinski definition) is 3. The molecule has 0 radical (unpaired) electrons. The Hall–Kier alpha value is -5.02. The number of hydrogen-bond acceptors (Lipinski definition) is 10. The molecule has 7 rings (SSSR count). The van der Waals surface area contributed by atoms with Crippen LogP contribution in [0.25, 0.3) is 11.6 Å². The second-order valence-electron chi connectivity index (χ2n) is 13.9. The lowest BCUT2D eigenvalue weighted by atomic mass is 9.72. The van der Waals surface area contributed by atoms with Crippen molar-refractivity contribution in [3.63, 3.8) is 0 Å². The number of oxazole rings is 2. The van der Waals surface area contributed by atoms with Crippen LogP contribution in [0.2, 0.25) is 0 Å². The maximum atomic E-state index is 15.1. The number of nitrogens with zero attached hydrogens (tertiary/aromatic N) is 3. The van der Waals surface area contributed by atoms with Crippen LogP contribution in [0.5, 0.6) is 5.75 Å². The van der Waals surface area contributed by atoms with Gasteiger partial charge in [-0.05, 0) is 47.6 Å². The molecule has 4 aromatic rings. The molecule has 242 valence electrons. The van der Waals surface area contributed by atoms with Crippen LogP contribution in [0.3, 0.4) is 0 Å². The standard InChI is InChI=1S/C35H34FN5O6/c1-16(2)27(43)24(42)12-18-10-17-6-9-25-22(11-17)35(21-13-19(36)7-8-23(21)39-33(35)46-25)29-26(31-38-20(14-37)15-45-31)40-32(47-29)28(34(3,4)5)41-30(18)44/h6-9,11,13,15-16,18,27-28,33,39,43H,10,12H2,1-5H3,(H,41,44)/t18?,27-,28+,33-,35?/m0/s1. The van der Waals surface area contributed by atoms with Gasteiger partial charge in [-0.25, -0.2) is 9.37 Å². The van der Waals surface area contributed by atoms with E-state index >= 15 is 4.39 Å². The zero-order valence-electron chi connectivity index (χ0n) is 26.6. The molecule has 0 fully saturated rings. The summed E-state index contributed by atoms with van der Waals surface area (Å²) in [5, 5.41) is 26.6. The van der Waals surface area contributed by atoms with Crippen LogP contribution in [0, 0.1) is 34.4 Å². The summed E-state index contributed by atoms with van der Waals surface area (Å²) in [6.07, 6.45) is -0.800. The average Bonchev–Trinajstić information content (AvgIpc) is 3.79. The third-order valence-electron chi connectivity index (χ3n) is 9.28. The maximum Gasteiger partial charge on any atom is 0.250 e. The fraction of sp³-hybridized carbons (Fsp3) is 0.400. The van der Waals surface area contributed by atoms with E-state index in [4.69, 9.17) is 18.6 Å². The quantitative estimate of drug-likeness (QED) is 0.265. The van der Waals surface area contributed by atoms with E-state index in [0.29, 0.717) is 22.6 Å². The van der Waals surface area contributed by atoms with Gasteiger partial charge in [-0.3, -0.25) is 9.59 Å². The van der Waals surface area contributed by atoms with Gasteiger partial charge in [0.15, 0.2) is 29.2 Å². The van der Waals surface area contributed by atoms with Crippen molar-refractivity contribution < 1.29 is 32.7 Å². The van der Waals surface area contributed by atoms with Gasteiger partial charge in [0, 0.05) is 29.2 Å². The minimum atomic E-state index is -1.30. The van der Waals surface area contributed by atoms with Crippen LogP contribution >= 0.6 is 0 Å². The number of nitriles is 1. The van der Waals surface area contributed by atoms with Crippen LogP contribution in [0.4, 0.5) is 10.1 Å². The van der Waals surface area contributed by atoms with Crippen LogP contribution in [-0.4, -0.2) is 39.1 Å². The highest BCUT2D eigenvalue weighted by Crippen LogP contribution is 2.59. The van der Waals surface area contributed by atoms with E-state index in [2.05, 4.69) is 15.6 Å². The zero-order chi connectivity index (χ0) is 33.4. The van der Waals surface area contributed by atoms with Crippen molar-refractivity contribution in [2.75, 3.05) is 5.32 Å². The lowest BCUT2D eigenvalue weighted by Crippen LogP contribution is -2.42. The number of ether oxygens (including phenoxy) is 1. The maximum absolute atomic E-state index is 15.1. The molecule has 47 heavy (non-hydrogen) atoms. The van der Waals surface area contributed by atoms with E-state index in [9.17, 15) is 20.0 Å². The molecular weight excluding hydrogens is 605 g/mol. The number of fused-ring (bicyclic) bond motifs is 4. The molecule has 3 aliphatic heterocycles. The molecule has 4 bridgehead atoms. The summed E-state index contributed by atoms with van der Waals surface area (Å²) in [5.74, 6) is -1.57. The Labute approximate surface area is 270 Å². The van der Waals surface area contributed by atoms with Gasteiger partial charge in [-0.2, -0.15) is 10.2 Å². The van der Waals surface area contributed by atoms with Gasteiger partial charge >= 0.3 is 0 Å². The molecule has 3 aliphatic rings. The predicted octanol–water partition coefficient (Wildman–Crippen LogP) is 5.17. The highest BCUT2D eigenvalue weighted by Gasteiger charge is 2.61. The predicted molar refractivity (Wildman–Crippen MR) is 165 cm³/mol. The monoisotopic (exact) mass is 639 g/mol. The molecule has 1 spiro atoms. The number of rotatable bonds is 5. The van der Waals surface area contributed by atoms with Crippen LogP contribution in [0.1, 0.15) is 81.1 Å². The van der Waals surface area contributed by atoms with Crippen LogP contribution in [0.15, 0.2) is 51.5 Å². The summed E-state index contributed by atoms with van der Waals surface area (Å²) in [4.78, 5) is 36.5. The number of ketones is 1. The molecule has 0 aliphatic carbocycles. The van der Waals surface area contributed by atoms with Gasteiger partial charge in [0.05, 0.1) is 0 Å². The van der Waals surface area contributed by atoms with Crippen LogP contribution in [-0.2, 0) is 21.4 Å². The molecule has 2 aromatic carbocycles. The second-order valence-corrected chi connectivity index (χ2v) is 13.9. The van der Waals surface area contributed by atoms with E-state index < -0.39 is 52.6 Å². The first-order valence-electron chi connectivity index (χ1n) is 15.6. The average molecular weight is 640 g/mol. The van der Waals surface area contributed by atoms with Gasteiger partial charge in [-0.1, -0.05) is 46.8 Å². The summed E-state index contributed by atoms with van der Waals surface area (Å²) in [6.45, 7) is 9.24. The van der Waals surface area contributed by atoms with E-state index in [0.717, 1.165) is 5.56 Å². The number of carbonyl (C=O) groups is 2. The van der Waals surface area contributed by atoms with E-state index in [-0.39, 0.29) is 47.7 Å². The van der Waals surface area contributed by atoms with Crippen molar-refractivity contribution in [2.24, 2.45) is 17.3 Å². The van der Waals surface area contributed by atoms with Crippen molar-refractivity contribution >= 4 is 17.4 Å². The molecule has 11 nitrogen and oxygen atoms in total. The largest absolute Gasteiger partial charge is 0.469 e. The Kier molecular flexibility index (Phi) is 7.02. The lowest BCUT2D eigenvalue weighted by Gasteiger charge is -2.32. The molecule has 5 heterocycles. The van der Waals surface area contributed by atoms with Gasteiger partial charge in [0.2, 0.25) is 17.7 Å². The third-order valence-corrected chi connectivity index (χ3v) is 9.28. The van der Waals surface area contributed by atoms with Crippen molar-refractivity contribution in [3.05, 3.63) is 82.5 Å². The summed E-state index contributed by atoms with van der Waals surface area (Å²) in [7, 11) is 0. The van der Waals surface area contributed by atoms with Crippen molar-refractivity contribution in [3.8, 4) is 23.4 Å². The molecule has 0 saturated carbocycles. The number of aliphatic hydroxyl groups excluding tert-OH is 1. The van der Waals surface area contributed by atoms with Gasteiger partial charge < -0.3 is 29.3 Å². The van der Waals surface area contributed by atoms with E-state index in [1.165, 1.54) is 18.4 Å². The van der Waals surface area contributed by atoms with Gasteiger partial charge in [-0.15, -0.1) is 0 Å². The first-order valence-corrected chi connectivity index (χ1v) is 15.6. The number of halogens is 1.